The van der Waals surface area contributed by atoms with E-state index < -0.39 is 24.6 Å². The highest BCUT2D eigenvalue weighted by atomic mass is 16.6. The zero-order valence-electron chi connectivity index (χ0n) is 8.08. The third-order valence-corrected chi connectivity index (χ3v) is 1.32. The number of rotatable bonds is 6. The van der Waals surface area contributed by atoms with E-state index in [1.807, 2.05) is 0 Å². The fourth-order valence-electron chi connectivity index (χ4n) is 0.623. The fraction of sp³-hybridized carbons (Fsp3) is 0.500. The molecule has 0 fully saturated rings. The number of methoxy groups -OCH3 is 1. The second-order valence-corrected chi connectivity index (χ2v) is 2.41. The lowest BCUT2D eigenvalue weighted by Gasteiger charge is -2.09. The number of nitroso groups, excluding NO2 is 1. The first-order valence-electron chi connectivity index (χ1n) is 4.00. The van der Waals surface area contributed by atoms with Crippen molar-refractivity contribution in [3.05, 3.63) is 17.1 Å². The molecule has 0 radical (unpaired) electrons. The Morgan fingerprint density at radius 2 is 2.00 bits per heavy atom. The van der Waals surface area contributed by atoms with Gasteiger partial charge in [0.15, 0.2) is 0 Å². The molecule has 0 saturated heterocycles. The quantitative estimate of drug-likeness (QED) is 0.361. The van der Waals surface area contributed by atoms with Crippen molar-refractivity contribution < 1.29 is 24.2 Å². The molecule has 0 amide bonds. The third kappa shape index (κ3) is 6.33. The summed E-state index contributed by atoms with van der Waals surface area (Å²) in [6.07, 6.45) is 0.710. The minimum Gasteiger partial charge on any atom is -0.466 e. The van der Waals surface area contributed by atoms with Crippen LogP contribution in [0.25, 0.3) is 0 Å². The number of hydrogen-bond acceptors (Lipinski definition) is 7. The first-order valence-corrected chi connectivity index (χ1v) is 4.00. The number of ether oxygens (including phenoxy) is 2. The summed E-state index contributed by atoms with van der Waals surface area (Å²) in [6, 6.07) is 0. The van der Waals surface area contributed by atoms with Gasteiger partial charge in [-0.05, 0) is 0 Å². The van der Waals surface area contributed by atoms with Crippen LogP contribution in [-0.2, 0) is 19.1 Å². The molecular formula is C8H11NO6. The summed E-state index contributed by atoms with van der Waals surface area (Å²) in [5, 5.41) is 11.1. The standard InChI is InChI=1S/C8H11NO6/c1-14-7(11)2-3-8(12)15-6(5-10)4-9-13/h2-3,6,10H,4-5H2,1H3/b3-2+. The molecule has 1 atom stereocenters. The molecule has 0 spiro atoms. The monoisotopic (exact) mass is 217 g/mol. The van der Waals surface area contributed by atoms with Crippen molar-refractivity contribution in [2.45, 2.75) is 6.10 Å². The number of carbonyl (C=O) groups is 2. The van der Waals surface area contributed by atoms with Crippen LogP contribution in [0.15, 0.2) is 17.3 Å². The van der Waals surface area contributed by atoms with Gasteiger partial charge in [0.25, 0.3) is 0 Å². The maximum atomic E-state index is 10.9. The predicted octanol–water partition coefficient (Wildman–Crippen LogP) is -0.614. The molecule has 7 heteroatoms. The summed E-state index contributed by atoms with van der Waals surface area (Å²) in [5.74, 6) is -1.57. The summed E-state index contributed by atoms with van der Waals surface area (Å²) >= 11 is 0. The summed E-state index contributed by atoms with van der Waals surface area (Å²) in [6.45, 7) is -0.849. The molecule has 0 bridgehead atoms. The van der Waals surface area contributed by atoms with Gasteiger partial charge in [-0.2, -0.15) is 4.91 Å². The second-order valence-electron chi connectivity index (χ2n) is 2.41. The molecule has 0 saturated carbocycles. The summed E-state index contributed by atoms with van der Waals surface area (Å²) < 4.78 is 8.79. The molecule has 0 aromatic carbocycles. The predicted molar refractivity (Wildman–Crippen MR) is 48.8 cm³/mol. The molecular weight excluding hydrogens is 206 g/mol. The molecule has 0 heterocycles. The van der Waals surface area contributed by atoms with Crippen molar-refractivity contribution in [1.29, 1.82) is 0 Å². The first-order chi connectivity index (χ1) is 7.13. The molecule has 1 unspecified atom stereocenters. The Hall–Kier alpha value is -1.76. The number of carbonyl (C=O) groups excluding carboxylic acids is 2. The zero-order valence-corrected chi connectivity index (χ0v) is 8.08. The van der Waals surface area contributed by atoms with Gasteiger partial charge in [0, 0.05) is 12.2 Å². The van der Waals surface area contributed by atoms with Crippen LogP contribution in [0.3, 0.4) is 0 Å². The maximum absolute atomic E-state index is 10.9. The third-order valence-electron chi connectivity index (χ3n) is 1.32. The normalized spacial score (nSPS) is 12.1. The lowest BCUT2D eigenvalue weighted by Crippen LogP contribution is -2.23. The Kier molecular flexibility index (Phi) is 6.73. The van der Waals surface area contributed by atoms with Crippen LogP contribution >= 0.6 is 0 Å². The number of hydrogen-bond donors (Lipinski definition) is 1. The average molecular weight is 217 g/mol. The molecule has 7 nitrogen and oxygen atoms in total. The average Bonchev–Trinajstić information content (AvgIpc) is 2.25. The van der Waals surface area contributed by atoms with Gasteiger partial charge >= 0.3 is 11.9 Å². The molecule has 0 rings (SSSR count). The summed E-state index contributed by atoms with van der Waals surface area (Å²) in [5.41, 5.74) is 0. The van der Waals surface area contributed by atoms with Gasteiger partial charge in [0.2, 0.25) is 0 Å². The van der Waals surface area contributed by atoms with Crippen molar-refractivity contribution >= 4 is 11.9 Å². The lowest BCUT2D eigenvalue weighted by molar-refractivity contribution is -0.145. The number of esters is 2. The van der Waals surface area contributed by atoms with Crippen LogP contribution in [0.1, 0.15) is 0 Å². The van der Waals surface area contributed by atoms with Crippen LogP contribution in [-0.4, -0.2) is 43.4 Å². The van der Waals surface area contributed by atoms with Gasteiger partial charge in [-0.15, -0.1) is 0 Å². The topological polar surface area (TPSA) is 102 Å². The first kappa shape index (κ1) is 13.2. The van der Waals surface area contributed by atoms with Gasteiger partial charge in [-0.1, -0.05) is 5.18 Å². The molecule has 84 valence electrons. The van der Waals surface area contributed by atoms with Gasteiger partial charge in [-0.25, -0.2) is 9.59 Å². The van der Waals surface area contributed by atoms with Crippen molar-refractivity contribution in [2.75, 3.05) is 20.3 Å². The van der Waals surface area contributed by atoms with E-state index in [1.54, 1.807) is 0 Å². The Morgan fingerprint density at radius 3 is 2.47 bits per heavy atom. The minimum absolute atomic E-state index is 0.339. The van der Waals surface area contributed by atoms with E-state index >= 15 is 0 Å². The van der Waals surface area contributed by atoms with Crippen LogP contribution in [0.4, 0.5) is 0 Å². The highest BCUT2D eigenvalue weighted by molar-refractivity contribution is 5.91. The number of nitrogens with zero attached hydrogens (tertiary/aromatic N) is 1. The smallest absolute Gasteiger partial charge is 0.331 e. The van der Waals surface area contributed by atoms with E-state index in [9.17, 15) is 14.5 Å². The van der Waals surface area contributed by atoms with Crippen molar-refractivity contribution in [3.63, 3.8) is 0 Å². The van der Waals surface area contributed by atoms with Crippen LogP contribution in [0.2, 0.25) is 0 Å². The van der Waals surface area contributed by atoms with E-state index in [1.165, 1.54) is 0 Å². The van der Waals surface area contributed by atoms with Crippen LogP contribution < -0.4 is 0 Å². The summed E-state index contributed by atoms with van der Waals surface area (Å²) in [4.78, 5) is 31.3. The van der Waals surface area contributed by atoms with E-state index in [0.29, 0.717) is 0 Å². The Bertz CT molecular complexity index is 262. The van der Waals surface area contributed by atoms with Crippen molar-refractivity contribution in [1.82, 2.24) is 0 Å². The molecule has 0 aliphatic carbocycles. The highest BCUT2D eigenvalue weighted by Gasteiger charge is 2.11. The number of aliphatic hydroxyl groups excluding tert-OH is 1. The van der Waals surface area contributed by atoms with Gasteiger partial charge in [0.05, 0.1) is 13.7 Å². The number of aliphatic hydroxyl groups is 1. The molecule has 1 N–H and O–H groups in total. The Balaban J connectivity index is 4.05. The lowest BCUT2D eigenvalue weighted by atomic mass is 10.4. The Labute approximate surface area is 85.6 Å². The minimum atomic E-state index is -0.989. The van der Waals surface area contributed by atoms with Gasteiger partial charge < -0.3 is 14.6 Å². The van der Waals surface area contributed by atoms with Gasteiger partial charge in [-0.3, -0.25) is 0 Å². The largest absolute Gasteiger partial charge is 0.466 e. The van der Waals surface area contributed by atoms with E-state index in [-0.39, 0.29) is 6.54 Å². The maximum Gasteiger partial charge on any atom is 0.331 e. The zero-order chi connectivity index (χ0) is 11.7. The Morgan fingerprint density at radius 1 is 1.40 bits per heavy atom. The highest BCUT2D eigenvalue weighted by Crippen LogP contribution is 1.94. The van der Waals surface area contributed by atoms with Crippen molar-refractivity contribution in [2.24, 2.45) is 5.18 Å². The molecule has 0 aliphatic rings. The van der Waals surface area contributed by atoms with Gasteiger partial charge in [0.1, 0.15) is 12.6 Å². The fourth-order valence-corrected chi connectivity index (χ4v) is 0.623. The van der Waals surface area contributed by atoms with E-state index in [2.05, 4.69) is 14.7 Å². The molecule has 0 aromatic heterocycles. The SMILES string of the molecule is COC(=O)/C=C/C(=O)OC(CO)CN=O. The van der Waals surface area contributed by atoms with Crippen LogP contribution in [0, 0.1) is 4.91 Å². The van der Waals surface area contributed by atoms with Crippen LogP contribution in [0.5, 0.6) is 0 Å². The van der Waals surface area contributed by atoms with Crippen molar-refractivity contribution in [3.8, 4) is 0 Å². The molecule has 0 aliphatic heterocycles. The second kappa shape index (κ2) is 7.63. The summed E-state index contributed by atoms with van der Waals surface area (Å²) in [7, 11) is 1.16. The molecule has 15 heavy (non-hydrogen) atoms. The van der Waals surface area contributed by atoms with E-state index in [0.717, 1.165) is 19.3 Å². The van der Waals surface area contributed by atoms with E-state index in [4.69, 9.17) is 5.11 Å². The molecule has 0 aromatic rings.